The van der Waals surface area contributed by atoms with Crippen molar-refractivity contribution in [1.82, 2.24) is 20.0 Å². The highest BCUT2D eigenvalue weighted by molar-refractivity contribution is 7.80. The number of fused-ring (bicyclic) bond motifs is 1. The van der Waals surface area contributed by atoms with Gasteiger partial charge in [-0.05, 0) is 58.5 Å². The maximum atomic E-state index is 14.1. The average Bonchev–Trinajstić information content (AvgIpc) is 3.25. The number of benzene rings is 3. The lowest BCUT2D eigenvalue weighted by molar-refractivity contribution is -0.137. The number of piperazine rings is 1. The number of piperidine rings is 1. The van der Waals surface area contributed by atoms with E-state index in [0.29, 0.717) is 19.4 Å². The Morgan fingerprint density at radius 1 is 0.900 bits per heavy atom. The summed E-state index contributed by atoms with van der Waals surface area (Å²) in [4.78, 5) is 30.8. The number of hydrogen-bond acceptors (Lipinski definition) is 6. The lowest BCUT2D eigenvalue weighted by Gasteiger charge is -2.40. The van der Waals surface area contributed by atoms with Crippen molar-refractivity contribution in [2.24, 2.45) is 0 Å². The van der Waals surface area contributed by atoms with E-state index in [4.69, 9.17) is 12.6 Å². The Bertz CT molecular complexity index is 1380. The summed E-state index contributed by atoms with van der Waals surface area (Å²) in [5.41, 5.74) is 5.11. The maximum absolute atomic E-state index is 14.1. The van der Waals surface area contributed by atoms with E-state index in [0.717, 1.165) is 55.0 Å². The smallest absolute Gasteiger partial charge is 0.243 e. The number of nitrogens with zero attached hydrogens (tertiary/aromatic N) is 3. The summed E-state index contributed by atoms with van der Waals surface area (Å²) in [6.07, 6.45) is 0.860. The second-order valence-corrected chi connectivity index (χ2v) is 11.4. The molecule has 3 aliphatic heterocycles. The van der Waals surface area contributed by atoms with Crippen LogP contribution in [0, 0.1) is 11.6 Å². The van der Waals surface area contributed by atoms with Gasteiger partial charge in [0.05, 0.1) is 17.5 Å². The molecule has 2 saturated heterocycles. The van der Waals surface area contributed by atoms with Crippen LogP contribution in [0.15, 0.2) is 66.7 Å². The van der Waals surface area contributed by atoms with E-state index >= 15 is 0 Å². The lowest BCUT2D eigenvalue weighted by Crippen LogP contribution is -2.51. The first-order chi connectivity index (χ1) is 19.4. The number of nitrogens with one attached hydrogen (secondary N) is 1. The van der Waals surface area contributed by atoms with Crippen LogP contribution in [0.2, 0.25) is 0 Å². The largest absolute Gasteiger partial charge is 0.297 e. The SMILES string of the molecule is O=C1CCC(N2Cc3cc(CN4CCN(C(c5cccc(F)c5)c5cccc(F)c5)CC4)ccc3C2S)C(=O)N1. The van der Waals surface area contributed by atoms with E-state index < -0.39 is 0 Å². The molecule has 0 spiro atoms. The minimum atomic E-state index is -0.353. The summed E-state index contributed by atoms with van der Waals surface area (Å²) in [5, 5.41) is 2.27. The van der Waals surface area contributed by atoms with Crippen LogP contribution in [-0.2, 0) is 22.7 Å². The Balaban J connectivity index is 1.12. The Morgan fingerprint density at radius 3 is 2.20 bits per heavy atom. The van der Waals surface area contributed by atoms with Gasteiger partial charge in [-0.3, -0.25) is 29.6 Å². The van der Waals surface area contributed by atoms with Gasteiger partial charge in [-0.15, -0.1) is 0 Å². The maximum Gasteiger partial charge on any atom is 0.243 e. The zero-order chi connectivity index (χ0) is 27.8. The van der Waals surface area contributed by atoms with Crippen LogP contribution in [-0.4, -0.2) is 58.7 Å². The molecule has 6 rings (SSSR count). The molecule has 0 aliphatic carbocycles. The quantitative estimate of drug-likeness (QED) is 0.344. The average molecular weight is 563 g/mol. The van der Waals surface area contributed by atoms with Crippen LogP contribution in [0.1, 0.15) is 52.1 Å². The number of carbonyl (C=O) groups is 2. The summed E-state index contributed by atoms with van der Waals surface area (Å²) in [5.74, 6) is -1.05. The van der Waals surface area contributed by atoms with Gasteiger partial charge in [0.2, 0.25) is 11.8 Å². The van der Waals surface area contributed by atoms with Crippen molar-refractivity contribution in [1.29, 1.82) is 0 Å². The van der Waals surface area contributed by atoms with Crippen LogP contribution >= 0.6 is 12.6 Å². The van der Waals surface area contributed by atoms with Crippen LogP contribution in [0.4, 0.5) is 8.78 Å². The minimum Gasteiger partial charge on any atom is -0.297 e. The molecular formula is C31H32F2N4O2S. The number of rotatable bonds is 6. The second-order valence-electron chi connectivity index (χ2n) is 10.9. The van der Waals surface area contributed by atoms with E-state index in [2.05, 4.69) is 38.2 Å². The van der Waals surface area contributed by atoms with Gasteiger partial charge in [0, 0.05) is 45.7 Å². The Morgan fingerprint density at radius 2 is 1.57 bits per heavy atom. The zero-order valence-electron chi connectivity index (χ0n) is 22.1. The van der Waals surface area contributed by atoms with Crippen molar-refractivity contribution in [3.63, 3.8) is 0 Å². The van der Waals surface area contributed by atoms with Gasteiger partial charge >= 0.3 is 0 Å². The highest BCUT2D eigenvalue weighted by Gasteiger charge is 2.39. The first-order valence-corrected chi connectivity index (χ1v) is 14.2. The fourth-order valence-electron chi connectivity index (χ4n) is 6.29. The minimum absolute atomic E-state index is 0.181. The zero-order valence-corrected chi connectivity index (χ0v) is 23.0. The number of halogens is 2. The van der Waals surface area contributed by atoms with Gasteiger partial charge in [0.15, 0.2) is 0 Å². The van der Waals surface area contributed by atoms with E-state index in [-0.39, 0.29) is 40.9 Å². The van der Waals surface area contributed by atoms with Crippen LogP contribution in [0.5, 0.6) is 0 Å². The summed E-state index contributed by atoms with van der Waals surface area (Å²) < 4.78 is 28.3. The molecule has 208 valence electrons. The molecular weight excluding hydrogens is 530 g/mol. The first-order valence-electron chi connectivity index (χ1n) is 13.7. The standard InChI is InChI=1S/C31H32F2N4O2S/c32-24-5-1-3-21(16-24)29(22-4-2-6-25(33)17-22)36-13-11-35(12-14-36)18-20-7-8-26-23(15-20)19-37(31(26)40)27-9-10-28(38)34-30(27)39/h1-8,15-17,27,29,31,40H,9-14,18-19H2,(H,34,38,39). The molecule has 40 heavy (non-hydrogen) atoms. The van der Waals surface area contributed by atoms with Crippen molar-refractivity contribution in [3.05, 3.63) is 106 Å². The Kier molecular flexibility index (Phi) is 7.72. The third kappa shape index (κ3) is 5.56. The monoisotopic (exact) mass is 562 g/mol. The molecule has 0 bridgehead atoms. The van der Waals surface area contributed by atoms with Crippen LogP contribution in [0.3, 0.4) is 0 Å². The Hall–Kier alpha value is -3.11. The van der Waals surface area contributed by atoms with Gasteiger partial charge in [-0.2, -0.15) is 12.6 Å². The highest BCUT2D eigenvalue weighted by Crippen LogP contribution is 2.40. The molecule has 0 radical (unpaired) electrons. The third-order valence-electron chi connectivity index (χ3n) is 8.27. The summed E-state index contributed by atoms with van der Waals surface area (Å²) in [6, 6.07) is 19.0. The van der Waals surface area contributed by atoms with E-state index in [1.165, 1.54) is 17.7 Å². The molecule has 3 aromatic carbocycles. The van der Waals surface area contributed by atoms with E-state index in [1.807, 2.05) is 12.1 Å². The molecule has 2 fully saturated rings. The number of hydrogen-bond donors (Lipinski definition) is 2. The first kappa shape index (κ1) is 27.1. The predicted octanol–water partition coefficient (Wildman–Crippen LogP) is 4.42. The second kappa shape index (κ2) is 11.4. The number of amides is 2. The number of thiol groups is 1. The van der Waals surface area contributed by atoms with Crippen molar-refractivity contribution in [3.8, 4) is 0 Å². The topological polar surface area (TPSA) is 55.9 Å². The molecule has 2 amide bonds. The molecule has 9 heteroatoms. The van der Waals surface area contributed by atoms with Gasteiger partial charge in [0.1, 0.15) is 11.6 Å². The molecule has 3 heterocycles. The molecule has 2 atom stereocenters. The molecule has 2 unspecified atom stereocenters. The summed E-state index contributed by atoms with van der Waals surface area (Å²) in [7, 11) is 0. The van der Waals surface area contributed by atoms with Gasteiger partial charge in [-0.25, -0.2) is 8.78 Å². The summed E-state index contributed by atoms with van der Waals surface area (Å²) in [6.45, 7) is 4.61. The fourth-order valence-corrected chi connectivity index (χ4v) is 6.79. The predicted molar refractivity (Wildman–Crippen MR) is 151 cm³/mol. The highest BCUT2D eigenvalue weighted by atomic mass is 32.1. The summed E-state index contributed by atoms with van der Waals surface area (Å²) >= 11 is 4.80. The molecule has 0 aromatic heterocycles. The lowest BCUT2D eigenvalue weighted by atomic mass is 9.96. The molecule has 3 aromatic rings. The number of imide groups is 1. The van der Waals surface area contributed by atoms with Crippen molar-refractivity contribution in [2.45, 2.75) is 43.4 Å². The van der Waals surface area contributed by atoms with Gasteiger partial charge in [0.25, 0.3) is 0 Å². The molecule has 6 nitrogen and oxygen atoms in total. The van der Waals surface area contributed by atoms with Crippen molar-refractivity contribution in [2.75, 3.05) is 26.2 Å². The van der Waals surface area contributed by atoms with Crippen LogP contribution in [0.25, 0.3) is 0 Å². The molecule has 0 saturated carbocycles. The molecule has 3 aliphatic rings. The van der Waals surface area contributed by atoms with Gasteiger partial charge < -0.3 is 0 Å². The third-order valence-corrected chi connectivity index (χ3v) is 8.84. The van der Waals surface area contributed by atoms with Crippen molar-refractivity contribution < 1.29 is 18.4 Å². The normalized spacial score (nSPS) is 22.5. The Labute approximate surface area is 238 Å². The van der Waals surface area contributed by atoms with Crippen molar-refractivity contribution >= 4 is 24.4 Å². The van der Waals surface area contributed by atoms with E-state index in [1.54, 1.807) is 24.3 Å². The van der Waals surface area contributed by atoms with E-state index in [9.17, 15) is 18.4 Å². The number of carbonyl (C=O) groups excluding carboxylic acids is 2. The molecule has 1 N–H and O–H groups in total. The van der Waals surface area contributed by atoms with Gasteiger partial charge in [-0.1, -0.05) is 42.5 Å². The fraction of sp³-hybridized carbons (Fsp3) is 0.355. The van der Waals surface area contributed by atoms with Crippen LogP contribution < -0.4 is 5.32 Å².